The molecule has 5 rings (SSSR count). The van der Waals surface area contributed by atoms with Crippen molar-refractivity contribution >= 4 is 39.9 Å². The molecule has 3 aromatic rings. The minimum Gasteiger partial charge on any atom is -0.341 e. The van der Waals surface area contributed by atoms with Gasteiger partial charge in [0, 0.05) is 41.6 Å². The van der Waals surface area contributed by atoms with Gasteiger partial charge in [0.2, 0.25) is 0 Å². The Kier molecular flexibility index (Phi) is 8.59. The lowest BCUT2D eigenvalue weighted by Gasteiger charge is -2.44. The second-order valence-corrected chi connectivity index (χ2v) is 13.2. The molecule has 0 bridgehead atoms. The fourth-order valence-corrected chi connectivity index (χ4v) is 8.21. The van der Waals surface area contributed by atoms with Gasteiger partial charge in [-0.3, -0.25) is 9.00 Å². The molecule has 4 nitrogen and oxygen atoms in total. The Balaban J connectivity index is 1.28. The van der Waals surface area contributed by atoms with E-state index in [1.807, 2.05) is 55.6 Å². The van der Waals surface area contributed by atoms with Gasteiger partial charge in [0.05, 0.1) is 14.8 Å². The number of amides is 1. The number of nitrogens with zero attached hydrogens (tertiary/aromatic N) is 2. The van der Waals surface area contributed by atoms with Crippen molar-refractivity contribution in [1.82, 2.24) is 9.80 Å². The quantitative estimate of drug-likeness (QED) is 0.325. The molecular weight excluding hydrogens is 535 g/mol. The number of halogens is 2. The van der Waals surface area contributed by atoms with Crippen LogP contribution in [0.4, 0.5) is 0 Å². The molecule has 7 heteroatoms. The van der Waals surface area contributed by atoms with Crippen molar-refractivity contribution in [2.45, 2.75) is 36.3 Å². The maximum absolute atomic E-state index is 13.3. The molecule has 3 aromatic carbocycles. The van der Waals surface area contributed by atoms with Crippen molar-refractivity contribution in [2.24, 2.45) is 0 Å². The predicted octanol–water partition coefficient (Wildman–Crippen LogP) is 6.54. The van der Waals surface area contributed by atoms with Crippen molar-refractivity contribution in [3.63, 3.8) is 0 Å². The van der Waals surface area contributed by atoms with Crippen molar-refractivity contribution < 1.29 is 9.00 Å². The first kappa shape index (κ1) is 27.4. The molecule has 200 valence electrons. The van der Waals surface area contributed by atoms with Crippen molar-refractivity contribution in [3.8, 4) is 0 Å². The molecule has 0 aromatic heterocycles. The van der Waals surface area contributed by atoms with Crippen LogP contribution in [0.3, 0.4) is 0 Å². The zero-order valence-electron chi connectivity index (χ0n) is 21.7. The Hall–Kier alpha value is -2.18. The number of hydrogen-bond acceptors (Lipinski definition) is 3. The summed E-state index contributed by atoms with van der Waals surface area (Å²) in [7, 11) is 1.02. The highest BCUT2D eigenvalue weighted by Gasteiger charge is 2.44. The Morgan fingerprint density at radius 1 is 1.00 bits per heavy atom. The number of piperidine rings is 1. The molecule has 1 amide bonds. The lowest BCUT2D eigenvalue weighted by molar-refractivity contribution is 0.0781. The van der Waals surface area contributed by atoms with Gasteiger partial charge in [-0.2, -0.15) is 0 Å². The molecule has 38 heavy (non-hydrogen) atoms. The van der Waals surface area contributed by atoms with Gasteiger partial charge in [-0.1, -0.05) is 71.7 Å². The fourth-order valence-electron chi connectivity index (χ4n) is 6.02. The number of aryl methyl sites for hydroxylation is 1. The maximum atomic E-state index is 13.3. The molecule has 1 fully saturated rings. The third-order valence-electron chi connectivity index (χ3n) is 8.24. The van der Waals surface area contributed by atoms with Gasteiger partial charge in [-0.05, 0) is 86.3 Å². The van der Waals surface area contributed by atoms with E-state index < -0.39 is 10.8 Å². The maximum Gasteiger partial charge on any atom is 0.253 e. The first-order valence-corrected chi connectivity index (χ1v) is 15.4. The smallest absolute Gasteiger partial charge is 0.253 e. The number of fused-ring (bicyclic) bond motifs is 2. The van der Waals surface area contributed by atoms with Gasteiger partial charge in [0.1, 0.15) is 0 Å². The van der Waals surface area contributed by atoms with Crippen molar-refractivity contribution in [3.05, 3.63) is 105 Å². The van der Waals surface area contributed by atoms with Gasteiger partial charge in [-0.15, -0.1) is 0 Å². The van der Waals surface area contributed by atoms with Crippen LogP contribution in [-0.2, 0) is 22.0 Å². The molecule has 0 saturated carbocycles. The van der Waals surface area contributed by atoms with Crippen LogP contribution in [-0.4, -0.2) is 58.9 Å². The fraction of sp³-hybridized carbons (Fsp3) is 0.387. The first-order valence-electron chi connectivity index (χ1n) is 13.3. The number of likely N-dealkylation sites (tertiary alicyclic amines) is 1. The zero-order chi connectivity index (χ0) is 26.7. The highest BCUT2D eigenvalue weighted by Crippen LogP contribution is 2.43. The van der Waals surface area contributed by atoms with Gasteiger partial charge in [0.25, 0.3) is 5.91 Å². The van der Waals surface area contributed by atoms with Crippen LogP contribution in [0, 0.1) is 0 Å². The number of hydrogen-bond donors (Lipinski definition) is 0. The topological polar surface area (TPSA) is 40.6 Å². The summed E-state index contributed by atoms with van der Waals surface area (Å²) < 4.78 is 13.1. The summed E-state index contributed by atoms with van der Waals surface area (Å²) in [6, 6.07) is 23.8. The van der Waals surface area contributed by atoms with E-state index >= 15 is 0 Å². The second-order valence-electron chi connectivity index (χ2n) is 10.5. The molecule has 0 N–H and O–H groups in total. The second kappa shape index (κ2) is 11.9. The first-order chi connectivity index (χ1) is 18.4. The minimum atomic E-state index is -0.838. The third-order valence-corrected chi connectivity index (χ3v) is 11.0. The van der Waals surface area contributed by atoms with E-state index in [1.54, 1.807) is 4.90 Å². The van der Waals surface area contributed by atoms with E-state index in [0.717, 1.165) is 56.6 Å². The van der Waals surface area contributed by atoms with Gasteiger partial charge >= 0.3 is 0 Å². The summed E-state index contributed by atoms with van der Waals surface area (Å²) in [5, 5.41) is 1.06. The van der Waals surface area contributed by atoms with Crippen LogP contribution in [0.25, 0.3) is 0 Å². The number of likely N-dealkylation sites (N-methyl/N-ethyl adjacent to an activating group) is 1. The summed E-state index contributed by atoms with van der Waals surface area (Å²) in [6.45, 7) is 3.34. The van der Waals surface area contributed by atoms with Crippen molar-refractivity contribution in [1.29, 1.82) is 0 Å². The molecule has 0 radical (unpaired) electrons. The molecular formula is C31H34Cl2N2O2S. The van der Waals surface area contributed by atoms with Crippen LogP contribution in [0.5, 0.6) is 0 Å². The van der Waals surface area contributed by atoms with Crippen LogP contribution < -0.4 is 0 Å². The van der Waals surface area contributed by atoms with Crippen LogP contribution >= 0.6 is 23.2 Å². The predicted molar refractivity (Wildman–Crippen MR) is 158 cm³/mol. The monoisotopic (exact) mass is 568 g/mol. The average molecular weight is 570 g/mol. The summed E-state index contributed by atoms with van der Waals surface area (Å²) in [5.74, 6) is 0.884. The van der Waals surface area contributed by atoms with Crippen molar-refractivity contribution in [2.75, 3.05) is 39.0 Å². The lowest BCUT2D eigenvalue weighted by atomic mass is 9.84. The zero-order valence-corrected chi connectivity index (χ0v) is 24.1. The standard InChI is InChI=1S/C31H34Cl2N2O2S/c1-34(30(36)24-8-3-2-4-9-24)22-26(25-11-12-28(32)29(33)21-25)13-17-35-18-15-31(16-19-35)27-10-6-5-7-23(27)14-20-38(31)37/h2-12,21,26H,13-20,22H2,1H3/t26-,38?/m1/s1. The molecule has 0 aliphatic carbocycles. The van der Waals surface area contributed by atoms with E-state index in [9.17, 15) is 9.00 Å². The molecule has 1 unspecified atom stereocenters. The molecule has 1 saturated heterocycles. The number of carbonyl (C=O) groups excluding carboxylic acids is 1. The highest BCUT2D eigenvalue weighted by atomic mass is 35.5. The molecule has 2 atom stereocenters. The number of carbonyl (C=O) groups is 1. The summed E-state index contributed by atoms with van der Waals surface area (Å²) in [4.78, 5) is 17.4. The third kappa shape index (κ3) is 5.72. The molecule has 1 spiro atoms. The molecule has 2 aliphatic heterocycles. The summed E-state index contributed by atoms with van der Waals surface area (Å²) >= 11 is 12.6. The van der Waals surface area contributed by atoms with Crippen LogP contribution in [0.2, 0.25) is 10.0 Å². The average Bonchev–Trinajstić information content (AvgIpc) is 2.95. The Morgan fingerprint density at radius 2 is 1.71 bits per heavy atom. The summed E-state index contributed by atoms with van der Waals surface area (Å²) in [5.41, 5.74) is 4.44. The Bertz CT molecular complexity index is 1310. The van der Waals surface area contributed by atoms with E-state index in [0.29, 0.717) is 22.2 Å². The van der Waals surface area contributed by atoms with E-state index in [1.165, 1.54) is 11.1 Å². The molecule has 2 heterocycles. The lowest BCUT2D eigenvalue weighted by Crippen LogP contribution is -2.48. The molecule has 2 aliphatic rings. The Morgan fingerprint density at radius 3 is 2.45 bits per heavy atom. The van der Waals surface area contributed by atoms with Gasteiger partial charge < -0.3 is 9.80 Å². The Labute approximate surface area is 238 Å². The van der Waals surface area contributed by atoms with Gasteiger partial charge in [0.15, 0.2) is 0 Å². The van der Waals surface area contributed by atoms with Crippen LogP contribution in [0.1, 0.15) is 52.2 Å². The number of benzene rings is 3. The summed E-state index contributed by atoms with van der Waals surface area (Å²) in [6.07, 6.45) is 3.63. The van der Waals surface area contributed by atoms with E-state index in [2.05, 4.69) is 29.2 Å². The largest absolute Gasteiger partial charge is 0.341 e. The van der Waals surface area contributed by atoms with E-state index in [4.69, 9.17) is 23.2 Å². The van der Waals surface area contributed by atoms with Crippen LogP contribution in [0.15, 0.2) is 72.8 Å². The SMILES string of the molecule is CN(C[C@@H](CCN1CCC2(CC1)c1ccccc1CCS2=O)c1ccc(Cl)c(Cl)c1)C(=O)c1ccccc1. The van der Waals surface area contributed by atoms with E-state index in [-0.39, 0.29) is 16.6 Å². The number of rotatable bonds is 7. The minimum absolute atomic E-state index is 0.00835. The van der Waals surface area contributed by atoms with Gasteiger partial charge in [-0.25, -0.2) is 0 Å². The highest BCUT2D eigenvalue weighted by molar-refractivity contribution is 7.86. The normalized spacial score (nSPS) is 19.6.